The Kier molecular flexibility index (Phi) is 0.971. The normalized spacial score (nSPS) is 67.5. The van der Waals surface area contributed by atoms with Crippen LogP contribution in [0.5, 0.6) is 0 Å². The van der Waals surface area contributed by atoms with E-state index in [0.29, 0.717) is 47.0 Å². The lowest BCUT2D eigenvalue weighted by molar-refractivity contribution is -0.557. The van der Waals surface area contributed by atoms with Crippen molar-refractivity contribution >= 4 is 0 Å². The molecule has 6 heteroatoms. The molecular weight excluding hydrogens is 270 g/mol. The van der Waals surface area contributed by atoms with E-state index in [1.54, 1.807) is 7.05 Å². The van der Waals surface area contributed by atoms with E-state index in [1.165, 1.54) is 4.57 Å². The van der Waals surface area contributed by atoms with Crippen molar-refractivity contribution < 1.29 is 4.74 Å². The van der Waals surface area contributed by atoms with Crippen molar-refractivity contribution in [3.8, 4) is 0 Å². The van der Waals surface area contributed by atoms with Gasteiger partial charge in [-0.25, -0.2) is 23.5 Å². The zero-order valence-electron chi connectivity index (χ0n) is 11.6. The summed E-state index contributed by atoms with van der Waals surface area (Å²) in [5.74, 6) is 3.09. The molecule has 3 aliphatic heterocycles. The van der Waals surface area contributed by atoms with E-state index < -0.39 is 0 Å². The van der Waals surface area contributed by atoms with Crippen molar-refractivity contribution in [2.24, 2.45) is 41.5 Å². The van der Waals surface area contributed by atoms with Crippen molar-refractivity contribution in [1.82, 2.24) is 13.9 Å². The largest absolute Gasteiger partial charge is 0.370 e. The molecule has 4 heterocycles. The van der Waals surface area contributed by atoms with Gasteiger partial charge >= 0.3 is 11.4 Å². The molecule has 21 heavy (non-hydrogen) atoms. The van der Waals surface area contributed by atoms with Crippen molar-refractivity contribution in [3.05, 3.63) is 21.0 Å². The molecule has 6 nitrogen and oxygen atoms in total. The summed E-state index contributed by atoms with van der Waals surface area (Å²) < 4.78 is 10.9. The summed E-state index contributed by atoms with van der Waals surface area (Å²) in [6.07, 6.45) is 3.22. The van der Waals surface area contributed by atoms with E-state index in [9.17, 15) is 9.59 Å². The fourth-order valence-corrected chi connectivity index (χ4v) is 8.81. The van der Waals surface area contributed by atoms with E-state index in [2.05, 4.69) is 0 Å². The van der Waals surface area contributed by atoms with Crippen LogP contribution in [0.1, 0.15) is 24.9 Å². The van der Waals surface area contributed by atoms with E-state index >= 15 is 0 Å². The lowest BCUT2D eigenvalue weighted by atomic mass is 9.04. The predicted molar refractivity (Wildman–Crippen MR) is 68.7 cm³/mol. The first-order valence-electron chi connectivity index (χ1n) is 8.20. The van der Waals surface area contributed by atoms with Gasteiger partial charge in [0, 0.05) is 17.9 Å². The minimum absolute atomic E-state index is 0.0935. The highest BCUT2D eigenvalue weighted by atomic mass is 16.6. The Morgan fingerprint density at radius 2 is 1.43 bits per heavy atom. The second-order valence-corrected chi connectivity index (χ2v) is 8.61. The van der Waals surface area contributed by atoms with Crippen LogP contribution < -0.4 is 11.4 Å². The number of nitrogens with zero attached hydrogens (tertiary/aromatic N) is 3. The van der Waals surface area contributed by atoms with Gasteiger partial charge in [0.25, 0.3) is 0 Å². The fraction of sp³-hybridized carbons (Fsp3) is 0.867. The molecule has 8 aliphatic rings. The Morgan fingerprint density at radius 1 is 0.952 bits per heavy atom. The topological polar surface area (TPSA) is 61.5 Å². The maximum atomic E-state index is 12.6. The highest BCUT2D eigenvalue weighted by Gasteiger charge is 3.03. The number of ether oxygens (including phenoxy) is 1. The molecule has 1 aromatic heterocycles. The number of epoxide rings is 1. The molecule has 0 amide bonds. The van der Waals surface area contributed by atoms with E-state index in [-0.39, 0.29) is 11.4 Å². The lowest BCUT2D eigenvalue weighted by Crippen LogP contribution is -3.01. The van der Waals surface area contributed by atoms with Gasteiger partial charge in [-0.3, -0.25) is 0 Å². The summed E-state index contributed by atoms with van der Waals surface area (Å²) in [6, 6.07) is 0.600. The molecule has 1 saturated heterocycles. The summed E-state index contributed by atoms with van der Waals surface area (Å²) in [4.78, 5) is 25.1. The number of fused-ring (bicyclic) bond motifs is 1. The first-order valence-corrected chi connectivity index (χ1v) is 8.20. The van der Waals surface area contributed by atoms with Gasteiger partial charge < -0.3 is 4.74 Å². The monoisotopic (exact) mass is 285 g/mol. The standard InChI is InChI=1S/C15H15N3O3/c1-16-12(19)17-10-6-7-9-8(6)14(10)2-4-5(21-4)3-15(9,14)11(7)18(17)13(16)20/h4-11H,2-3H2,1H3/t4-,5-,6+,7+,8+,9+,10-,11-,14-,15+/m0/s1. The molecular formula is C15H15N3O3. The third kappa shape index (κ3) is 0.525. The van der Waals surface area contributed by atoms with Crippen molar-refractivity contribution in [2.75, 3.05) is 0 Å². The van der Waals surface area contributed by atoms with Crippen LogP contribution in [0.3, 0.4) is 0 Å². The molecule has 0 aromatic carbocycles. The summed E-state index contributed by atoms with van der Waals surface area (Å²) in [5.41, 5.74) is 0.446. The van der Waals surface area contributed by atoms with E-state index in [1.807, 2.05) is 9.36 Å². The van der Waals surface area contributed by atoms with Crippen LogP contribution in [0, 0.1) is 34.5 Å². The second kappa shape index (κ2) is 2.11. The second-order valence-electron chi connectivity index (χ2n) is 8.61. The van der Waals surface area contributed by atoms with Gasteiger partial charge in [-0.05, 0) is 36.5 Å². The average Bonchev–Trinajstić information content (AvgIpc) is 3.15. The van der Waals surface area contributed by atoms with Crippen LogP contribution in [-0.2, 0) is 11.8 Å². The van der Waals surface area contributed by atoms with E-state index in [4.69, 9.17) is 4.74 Å². The molecule has 108 valence electrons. The van der Waals surface area contributed by atoms with Gasteiger partial charge in [-0.15, -0.1) is 0 Å². The zero-order chi connectivity index (χ0) is 13.6. The Morgan fingerprint density at radius 3 is 1.90 bits per heavy atom. The van der Waals surface area contributed by atoms with Crippen molar-refractivity contribution in [2.45, 2.75) is 37.1 Å². The first-order chi connectivity index (χ1) is 10.1. The fourth-order valence-electron chi connectivity index (χ4n) is 8.81. The molecule has 0 N–H and O–H groups in total. The Labute approximate surface area is 119 Å². The van der Waals surface area contributed by atoms with Crippen LogP contribution in [0.4, 0.5) is 0 Å². The predicted octanol–water partition coefficient (Wildman–Crippen LogP) is -0.503. The highest BCUT2D eigenvalue weighted by molar-refractivity contribution is 5.50. The minimum atomic E-state index is -0.0935. The summed E-state index contributed by atoms with van der Waals surface area (Å²) in [6.45, 7) is 0. The van der Waals surface area contributed by atoms with Gasteiger partial charge in [0.2, 0.25) is 0 Å². The van der Waals surface area contributed by atoms with Gasteiger partial charge in [0.05, 0.1) is 24.3 Å². The molecule has 2 bridgehead atoms. The van der Waals surface area contributed by atoms with Gasteiger partial charge in [0.15, 0.2) is 0 Å². The SMILES string of the molecule is Cn1c(=O)n2n(c1=O)[C@H]1[C@@H]3[C@@H]4[C@@H]5[C@@H]3[C@]13C[C@@H]1O[C@H]1C[C@@]53[C@H]42. The smallest absolute Gasteiger partial charge is 0.347 e. The van der Waals surface area contributed by atoms with Crippen LogP contribution in [0.15, 0.2) is 9.59 Å². The molecule has 1 aromatic rings. The third-order valence-electron chi connectivity index (χ3n) is 8.99. The molecule has 6 fully saturated rings. The molecule has 9 rings (SSSR count). The Bertz CT molecular complexity index is 854. The van der Waals surface area contributed by atoms with Crippen LogP contribution >= 0.6 is 0 Å². The zero-order valence-corrected chi connectivity index (χ0v) is 11.6. The number of rotatable bonds is 0. The van der Waals surface area contributed by atoms with E-state index in [0.717, 1.165) is 24.7 Å². The first kappa shape index (κ1) is 9.66. The number of hydrogen-bond acceptors (Lipinski definition) is 3. The highest BCUT2D eigenvalue weighted by Crippen LogP contribution is 3.04. The molecule has 10 atom stereocenters. The van der Waals surface area contributed by atoms with Crippen molar-refractivity contribution in [1.29, 1.82) is 0 Å². The van der Waals surface area contributed by atoms with Gasteiger partial charge in [0.1, 0.15) is 0 Å². The molecule has 2 spiro atoms. The molecule has 5 saturated carbocycles. The summed E-state index contributed by atoms with van der Waals surface area (Å²) in [5, 5.41) is 0. The summed E-state index contributed by atoms with van der Waals surface area (Å²) >= 11 is 0. The van der Waals surface area contributed by atoms with Crippen LogP contribution in [0.25, 0.3) is 0 Å². The quantitative estimate of drug-likeness (QED) is 0.604. The minimum Gasteiger partial charge on any atom is -0.370 e. The third-order valence-corrected chi connectivity index (χ3v) is 8.99. The maximum Gasteiger partial charge on any atom is 0.347 e. The maximum absolute atomic E-state index is 12.6. The summed E-state index contributed by atoms with van der Waals surface area (Å²) in [7, 11) is 1.63. The molecule has 0 radical (unpaired) electrons. The average molecular weight is 285 g/mol. The number of hydrogen-bond donors (Lipinski definition) is 0. The van der Waals surface area contributed by atoms with Crippen LogP contribution in [-0.4, -0.2) is 26.1 Å². The Hall–Kier alpha value is -1.30. The van der Waals surface area contributed by atoms with Gasteiger partial charge in [-0.2, -0.15) is 0 Å². The molecule has 0 unspecified atom stereocenters. The Balaban J connectivity index is 1.53. The molecule has 5 aliphatic carbocycles. The van der Waals surface area contributed by atoms with Crippen LogP contribution in [0.2, 0.25) is 0 Å². The lowest BCUT2D eigenvalue weighted by Gasteiger charge is -3.02. The van der Waals surface area contributed by atoms with Gasteiger partial charge in [-0.1, -0.05) is 0 Å². The van der Waals surface area contributed by atoms with Crippen molar-refractivity contribution in [3.63, 3.8) is 0 Å². The number of aromatic nitrogens is 3.